The Balaban J connectivity index is 2.28. The maximum atomic E-state index is 12.3. The SMILES string of the molecule is CSc1ccccc1C(=O)Cc1cccc(Cl)c1Cl. The van der Waals surface area contributed by atoms with Gasteiger partial charge in [-0.15, -0.1) is 11.8 Å². The maximum absolute atomic E-state index is 12.3. The minimum atomic E-state index is 0.0501. The van der Waals surface area contributed by atoms with Crippen LogP contribution in [0.25, 0.3) is 0 Å². The van der Waals surface area contributed by atoms with Crippen LogP contribution in [0.3, 0.4) is 0 Å². The third-order valence-corrected chi connectivity index (χ3v) is 4.44. The zero-order chi connectivity index (χ0) is 13.8. The second kappa shape index (κ2) is 6.47. The number of hydrogen-bond acceptors (Lipinski definition) is 2. The fraction of sp³-hybridized carbons (Fsp3) is 0.133. The molecule has 0 unspecified atom stereocenters. The van der Waals surface area contributed by atoms with Crippen LogP contribution in [0.1, 0.15) is 15.9 Å². The summed E-state index contributed by atoms with van der Waals surface area (Å²) >= 11 is 13.6. The highest BCUT2D eigenvalue weighted by Crippen LogP contribution is 2.28. The van der Waals surface area contributed by atoms with Gasteiger partial charge in [-0.05, 0) is 24.0 Å². The van der Waals surface area contributed by atoms with Gasteiger partial charge in [0, 0.05) is 16.9 Å². The summed E-state index contributed by atoms with van der Waals surface area (Å²) in [6.45, 7) is 0. The topological polar surface area (TPSA) is 17.1 Å². The summed E-state index contributed by atoms with van der Waals surface area (Å²) in [4.78, 5) is 13.3. The van der Waals surface area contributed by atoms with Gasteiger partial charge in [-0.2, -0.15) is 0 Å². The Morgan fingerprint density at radius 1 is 1.11 bits per heavy atom. The number of carbonyl (C=O) groups is 1. The molecule has 0 aromatic heterocycles. The highest BCUT2D eigenvalue weighted by Gasteiger charge is 2.13. The molecule has 98 valence electrons. The van der Waals surface area contributed by atoms with Crippen LogP contribution in [0.4, 0.5) is 0 Å². The molecule has 0 saturated heterocycles. The summed E-state index contributed by atoms with van der Waals surface area (Å²) in [6.07, 6.45) is 2.22. The number of hydrogen-bond donors (Lipinski definition) is 0. The molecular formula is C15H12Cl2OS. The second-order valence-electron chi connectivity index (χ2n) is 4.01. The number of halogens is 2. The van der Waals surface area contributed by atoms with Crippen LogP contribution in [-0.4, -0.2) is 12.0 Å². The molecule has 0 amide bonds. The van der Waals surface area contributed by atoms with Crippen LogP contribution in [-0.2, 0) is 6.42 Å². The lowest BCUT2D eigenvalue weighted by atomic mass is 10.0. The van der Waals surface area contributed by atoms with Crippen LogP contribution in [0, 0.1) is 0 Å². The first-order chi connectivity index (χ1) is 9.13. The van der Waals surface area contributed by atoms with E-state index in [1.54, 1.807) is 23.9 Å². The smallest absolute Gasteiger partial charge is 0.168 e. The highest BCUT2D eigenvalue weighted by molar-refractivity contribution is 7.98. The summed E-state index contributed by atoms with van der Waals surface area (Å²) in [6, 6.07) is 12.9. The average Bonchev–Trinajstić information content (AvgIpc) is 2.43. The van der Waals surface area contributed by atoms with Crippen LogP contribution < -0.4 is 0 Å². The van der Waals surface area contributed by atoms with Gasteiger partial charge in [-0.25, -0.2) is 0 Å². The van der Waals surface area contributed by atoms with E-state index in [9.17, 15) is 4.79 Å². The molecule has 0 aliphatic heterocycles. The molecule has 0 heterocycles. The van der Waals surface area contributed by atoms with Crippen LogP contribution in [0.5, 0.6) is 0 Å². The molecule has 0 radical (unpaired) electrons. The van der Waals surface area contributed by atoms with Crippen molar-refractivity contribution >= 4 is 40.7 Å². The summed E-state index contributed by atoms with van der Waals surface area (Å²) in [5, 5.41) is 0.935. The predicted octanol–water partition coefficient (Wildman–Crippen LogP) is 5.14. The lowest BCUT2D eigenvalue weighted by Crippen LogP contribution is -2.05. The van der Waals surface area contributed by atoms with E-state index in [4.69, 9.17) is 23.2 Å². The molecule has 19 heavy (non-hydrogen) atoms. The first kappa shape index (κ1) is 14.4. The largest absolute Gasteiger partial charge is 0.294 e. The zero-order valence-electron chi connectivity index (χ0n) is 10.3. The third-order valence-electron chi connectivity index (χ3n) is 2.79. The number of ketones is 1. The van der Waals surface area contributed by atoms with Gasteiger partial charge in [0.15, 0.2) is 5.78 Å². The molecular weight excluding hydrogens is 299 g/mol. The fourth-order valence-corrected chi connectivity index (χ4v) is 2.83. The van der Waals surface area contributed by atoms with Gasteiger partial charge in [-0.1, -0.05) is 53.5 Å². The quantitative estimate of drug-likeness (QED) is 0.574. The molecule has 2 aromatic carbocycles. The zero-order valence-corrected chi connectivity index (χ0v) is 12.6. The Hall–Kier alpha value is -0.960. The Kier molecular flexibility index (Phi) is 4.92. The van der Waals surface area contributed by atoms with Gasteiger partial charge in [-0.3, -0.25) is 4.79 Å². The molecule has 0 atom stereocenters. The molecule has 0 bridgehead atoms. The molecule has 1 nitrogen and oxygen atoms in total. The van der Waals surface area contributed by atoms with Crippen LogP contribution in [0.2, 0.25) is 10.0 Å². The lowest BCUT2D eigenvalue weighted by Gasteiger charge is -2.08. The number of Topliss-reactive ketones (excluding diaryl/α,β-unsaturated/α-hetero) is 1. The van der Waals surface area contributed by atoms with E-state index in [-0.39, 0.29) is 12.2 Å². The van der Waals surface area contributed by atoms with Crippen molar-refractivity contribution in [2.75, 3.05) is 6.26 Å². The summed E-state index contributed by atoms with van der Waals surface area (Å²) < 4.78 is 0. The molecule has 0 fully saturated rings. The minimum Gasteiger partial charge on any atom is -0.294 e. The second-order valence-corrected chi connectivity index (χ2v) is 5.65. The van der Waals surface area contributed by atoms with Gasteiger partial charge in [0.1, 0.15) is 0 Å². The van der Waals surface area contributed by atoms with E-state index in [1.165, 1.54) is 0 Å². The Morgan fingerprint density at radius 2 is 1.84 bits per heavy atom. The lowest BCUT2D eigenvalue weighted by molar-refractivity contribution is 0.0990. The van der Waals surface area contributed by atoms with Crippen molar-refractivity contribution in [1.29, 1.82) is 0 Å². The monoisotopic (exact) mass is 310 g/mol. The van der Waals surface area contributed by atoms with Gasteiger partial charge in [0.2, 0.25) is 0 Å². The van der Waals surface area contributed by atoms with Crippen molar-refractivity contribution in [3.8, 4) is 0 Å². The van der Waals surface area contributed by atoms with E-state index in [2.05, 4.69) is 0 Å². The minimum absolute atomic E-state index is 0.0501. The Bertz CT molecular complexity index is 611. The van der Waals surface area contributed by atoms with Crippen molar-refractivity contribution in [3.63, 3.8) is 0 Å². The molecule has 2 rings (SSSR count). The molecule has 4 heteroatoms. The van der Waals surface area contributed by atoms with Gasteiger partial charge in [0.05, 0.1) is 10.0 Å². The summed E-state index contributed by atoms with van der Waals surface area (Å²) in [5.41, 5.74) is 1.49. The summed E-state index contributed by atoms with van der Waals surface area (Å²) in [7, 11) is 0. The standard InChI is InChI=1S/C15H12Cl2OS/c1-19-14-8-3-2-6-11(14)13(18)9-10-5-4-7-12(16)15(10)17/h2-8H,9H2,1H3. The number of thioether (sulfide) groups is 1. The predicted molar refractivity (Wildman–Crippen MR) is 82.7 cm³/mol. The van der Waals surface area contributed by atoms with Crippen molar-refractivity contribution in [3.05, 3.63) is 63.6 Å². The first-order valence-corrected chi connectivity index (χ1v) is 7.70. The van der Waals surface area contributed by atoms with Crippen molar-refractivity contribution in [2.45, 2.75) is 11.3 Å². The first-order valence-electron chi connectivity index (χ1n) is 5.72. The molecule has 0 N–H and O–H groups in total. The van der Waals surface area contributed by atoms with E-state index in [1.807, 2.05) is 36.6 Å². The van der Waals surface area contributed by atoms with E-state index in [0.717, 1.165) is 16.0 Å². The van der Waals surface area contributed by atoms with Gasteiger partial charge < -0.3 is 0 Å². The van der Waals surface area contributed by atoms with Gasteiger partial charge in [0.25, 0.3) is 0 Å². The number of carbonyl (C=O) groups excluding carboxylic acids is 1. The molecule has 0 aliphatic rings. The number of benzene rings is 2. The van der Waals surface area contributed by atoms with Crippen molar-refractivity contribution in [2.24, 2.45) is 0 Å². The van der Waals surface area contributed by atoms with Gasteiger partial charge >= 0.3 is 0 Å². The fourth-order valence-electron chi connectivity index (χ4n) is 1.83. The van der Waals surface area contributed by atoms with Crippen LogP contribution in [0.15, 0.2) is 47.4 Å². The molecule has 0 spiro atoms. The van der Waals surface area contributed by atoms with E-state index in [0.29, 0.717) is 10.0 Å². The highest BCUT2D eigenvalue weighted by atomic mass is 35.5. The van der Waals surface area contributed by atoms with E-state index >= 15 is 0 Å². The Labute approximate surface area is 126 Å². The summed E-state index contributed by atoms with van der Waals surface area (Å²) in [5.74, 6) is 0.0501. The molecule has 0 aliphatic carbocycles. The maximum Gasteiger partial charge on any atom is 0.168 e. The van der Waals surface area contributed by atoms with Crippen molar-refractivity contribution in [1.82, 2.24) is 0 Å². The molecule has 2 aromatic rings. The Morgan fingerprint density at radius 3 is 2.58 bits per heavy atom. The van der Waals surface area contributed by atoms with E-state index < -0.39 is 0 Å². The van der Waals surface area contributed by atoms with Crippen LogP contribution >= 0.6 is 35.0 Å². The average molecular weight is 311 g/mol. The normalized spacial score (nSPS) is 10.5. The van der Waals surface area contributed by atoms with Crippen molar-refractivity contribution < 1.29 is 4.79 Å². The number of rotatable bonds is 4. The third kappa shape index (κ3) is 3.33. The molecule has 0 saturated carbocycles.